The highest BCUT2D eigenvalue weighted by Gasteiger charge is 2.53. The molecule has 2 aliphatic rings. The van der Waals surface area contributed by atoms with Crippen molar-refractivity contribution >= 4 is 29.2 Å². The minimum absolute atomic E-state index is 0.0830. The van der Waals surface area contributed by atoms with E-state index in [9.17, 15) is 24.9 Å². The predicted octanol–water partition coefficient (Wildman–Crippen LogP) is 4.05. The van der Waals surface area contributed by atoms with Gasteiger partial charge < -0.3 is 24.8 Å². The van der Waals surface area contributed by atoms with Gasteiger partial charge in [0, 0.05) is 17.7 Å². The van der Waals surface area contributed by atoms with Crippen LogP contribution in [0.5, 0.6) is 0 Å². The van der Waals surface area contributed by atoms with Crippen LogP contribution in [0.2, 0.25) is 0 Å². The minimum atomic E-state index is -1.25. The van der Waals surface area contributed by atoms with E-state index in [0.717, 1.165) is 24.8 Å². The first-order valence-electron chi connectivity index (χ1n) is 13.3. The summed E-state index contributed by atoms with van der Waals surface area (Å²) in [5.41, 5.74) is -0.0928. The fourth-order valence-electron chi connectivity index (χ4n) is 5.31. The molecule has 37 heavy (non-hydrogen) atoms. The van der Waals surface area contributed by atoms with Crippen LogP contribution in [0.4, 0.5) is 0 Å². The number of ketones is 1. The van der Waals surface area contributed by atoms with Crippen molar-refractivity contribution < 1.29 is 34.4 Å². The molecular formula is C28H43NO7S. The molecule has 3 rings (SSSR count). The van der Waals surface area contributed by atoms with Gasteiger partial charge in [0.15, 0.2) is 0 Å². The molecule has 0 spiro atoms. The van der Waals surface area contributed by atoms with Crippen LogP contribution >= 0.6 is 11.3 Å². The lowest BCUT2D eigenvalue weighted by molar-refractivity contribution is -0.154. The molecule has 0 amide bonds. The van der Waals surface area contributed by atoms with Gasteiger partial charge in [-0.2, -0.15) is 0 Å². The van der Waals surface area contributed by atoms with Gasteiger partial charge in [-0.1, -0.05) is 34.1 Å². The number of ether oxygens (including phenoxy) is 2. The van der Waals surface area contributed by atoms with Crippen LogP contribution in [0.15, 0.2) is 11.0 Å². The van der Waals surface area contributed by atoms with Gasteiger partial charge in [0.2, 0.25) is 0 Å². The first-order chi connectivity index (χ1) is 17.3. The van der Waals surface area contributed by atoms with Gasteiger partial charge in [0.1, 0.15) is 16.9 Å². The van der Waals surface area contributed by atoms with Gasteiger partial charge in [-0.25, -0.2) is 4.98 Å². The van der Waals surface area contributed by atoms with Gasteiger partial charge in [-0.3, -0.25) is 9.59 Å². The van der Waals surface area contributed by atoms with Gasteiger partial charge >= 0.3 is 5.97 Å². The third kappa shape index (κ3) is 7.06. The fourth-order valence-corrected chi connectivity index (χ4v) is 5.92. The molecule has 0 bridgehead atoms. The van der Waals surface area contributed by atoms with E-state index < -0.39 is 35.6 Å². The number of esters is 1. The third-order valence-electron chi connectivity index (χ3n) is 8.26. The van der Waals surface area contributed by atoms with Crippen LogP contribution in [-0.4, -0.2) is 62.1 Å². The summed E-state index contributed by atoms with van der Waals surface area (Å²) in [4.78, 5) is 30.8. The molecule has 0 unspecified atom stereocenters. The van der Waals surface area contributed by atoms with Gasteiger partial charge in [-0.15, -0.1) is 11.3 Å². The van der Waals surface area contributed by atoms with Crippen molar-refractivity contribution in [1.29, 1.82) is 0 Å². The van der Waals surface area contributed by atoms with Gasteiger partial charge in [-0.05, 0) is 50.7 Å². The van der Waals surface area contributed by atoms with Crippen molar-refractivity contribution in [3.8, 4) is 0 Å². The lowest BCUT2D eigenvalue weighted by Gasteiger charge is -2.35. The fraction of sp³-hybridized carbons (Fsp3) is 0.750. The number of cyclic esters (lactones) is 1. The van der Waals surface area contributed by atoms with E-state index in [4.69, 9.17) is 9.47 Å². The molecule has 2 saturated heterocycles. The molecule has 0 aliphatic carbocycles. The minimum Gasteiger partial charge on any atom is -0.458 e. The summed E-state index contributed by atoms with van der Waals surface area (Å²) in [7, 11) is 0. The third-order valence-corrected chi connectivity index (χ3v) is 9.11. The van der Waals surface area contributed by atoms with Gasteiger partial charge in [0.25, 0.3) is 0 Å². The van der Waals surface area contributed by atoms with Crippen LogP contribution in [0.1, 0.15) is 90.8 Å². The van der Waals surface area contributed by atoms with E-state index in [1.807, 2.05) is 32.2 Å². The number of rotatable bonds is 4. The van der Waals surface area contributed by atoms with Crippen molar-refractivity contribution in [2.45, 2.75) is 117 Å². The van der Waals surface area contributed by atoms with Crippen molar-refractivity contribution in [2.75, 3.05) is 0 Å². The second-order valence-electron chi connectivity index (χ2n) is 11.5. The molecule has 2 fully saturated rings. The Hall–Kier alpha value is -1.65. The van der Waals surface area contributed by atoms with Gasteiger partial charge in [0.05, 0.1) is 48.0 Å². The van der Waals surface area contributed by atoms with Crippen molar-refractivity contribution in [2.24, 2.45) is 17.3 Å². The molecule has 0 saturated carbocycles. The second kappa shape index (κ2) is 12.0. The topological polar surface area (TPSA) is 129 Å². The zero-order valence-corrected chi connectivity index (χ0v) is 23.7. The summed E-state index contributed by atoms with van der Waals surface area (Å²) in [6, 6.07) is 0. The molecule has 3 N–H and O–H groups in total. The average Bonchev–Trinajstić information content (AvgIpc) is 3.24. The van der Waals surface area contributed by atoms with Crippen molar-refractivity contribution in [3.63, 3.8) is 0 Å². The summed E-state index contributed by atoms with van der Waals surface area (Å²) >= 11 is 1.35. The zero-order valence-electron chi connectivity index (χ0n) is 22.9. The van der Waals surface area contributed by atoms with Crippen LogP contribution in [0.25, 0.3) is 6.08 Å². The Morgan fingerprint density at radius 1 is 1.27 bits per heavy atom. The Bertz CT molecular complexity index is 989. The average molecular weight is 538 g/mol. The normalized spacial score (nSPS) is 36.1. The lowest BCUT2D eigenvalue weighted by atomic mass is 9.71. The molecule has 1 aromatic rings. The quantitative estimate of drug-likeness (QED) is 0.387. The number of fused-ring (bicyclic) bond motifs is 1. The maximum atomic E-state index is 13.5. The number of aromatic nitrogens is 1. The molecule has 8 nitrogen and oxygen atoms in total. The first-order valence-corrected chi connectivity index (χ1v) is 14.2. The number of aliphatic hydroxyl groups is 3. The maximum absolute atomic E-state index is 13.5. The number of carbonyl (C=O) groups is 2. The van der Waals surface area contributed by atoms with E-state index in [1.54, 1.807) is 13.8 Å². The summed E-state index contributed by atoms with van der Waals surface area (Å²) in [6.45, 7) is 10.9. The molecule has 9 heteroatoms. The number of thiazole rings is 1. The molecule has 2 aliphatic heterocycles. The number of Topliss-reactive ketones (excluding diaryl/α,β-unsaturated/α-hetero) is 1. The Morgan fingerprint density at radius 2 is 1.97 bits per heavy atom. The summed E-state index contributed by atoms with van der Waals surface area (Å²) < 4.78 is 11.9. The molecule has 208 valence electrons. The first kappa shape index (κ1) is 29.9. The molecular weight excluding hydrogens is 494 g/mol. The van der Waals surface area contributed by atoms with E-state index in [2.05, 4.69) is 11.9 Å². The predicted molar refractivity (Wildman–Crippen MR) is 142 cm³/mol. The molecule has 0 aromatic carbocycles. The van der Waals surface area contributed by atoms with E-state index >= 15 is 0 Å². The molecule has 3 heterocycles. The highest BCUT2D eigenvalue weighted by molar-refractivity contribution is 7.09. The number of aliphatic hydroxyl groups excluding tert-OH is 3. The smallest absolute Gasteiger partial charge is 0.309 e. The number of hydrogen-bond donors (Lipinski definition) is 3. The Morgan fingerprint density at radius 3 is 2.59 bits per heavy atom. The zero-order chi connectivity index (χ0) is 27.5. The Balaban J connectivity index is 1.87. The molecule has 7 atom stereocenters. The van der Waals surface area contributed by atoms with Crippen LogP contribution in [0, 0.1) is 17.3 Å². The molecule has 1 aromatic heterocycles. The Labute approximate surface area is 224 Å². The highest BCUT2D eigenvalue weighted by Crippen LogP contribution is 2.45. The summed E-state index contributed by atoms with van der Waals surface area (Å²) in [5.74, 6) is -1.55. The van der Waals surface area contributed by atoms with E-state index in [1.165, 1.54) is 11.3 Å². The number of hydrogen-bond acceptors (Lipinski definition) is 9. The van der Waals surface area contributed by atoms with Crippen LogP contribution in [-0.2, 0) is 25.7 Å². The highest BCUT2D eigenvalue weighted by atomic mass is 32.1. The Kier molecular flexibility index (Phi) is 9.72. The lowest BCUT2D eigenvalue weighted by Crippen LogP contribution is -2.46. The standard InChI is InChI=1S/C28H43NO7S/c1-7-19-25(33)16(2)9-8-10-28(6)22(36-28)12-20(17(3)11-18-15-37-23(14-30)29-18)35-24(32)13-21(31)27(4,5)26(19)34/h11,15-16,19-22,25,30-31,33H,7-10,12-14H2,1-6H3/t16-,19+,20-,21-,22-,25-,28+/m0/s1. The number of epoxide rings is 1. The van der Waals surface area contributed by atoms with E-state index in [0.29, 0.717) is 23.5 Å². The van der Waals surface area contributed by atoms with Crippen molar-refractivity contribution in [3.05, 3.63) is 21.7 Å². The summed E-state index contributed by atoms with van der Waals surface area (Å²) in [5, 5.41) is 33.7. The number of carbonyl (C=O) groups excluding carboxylic acids is 2. The maximum Gasteiger partial charge on any atom is 0.309 e. The van der Waals surface area contributed by atoms with Crippen molar-refractivity contribution in [1.82, 2.24) is 4.98 Å². The molecule has 0 radical (unpaired) electrons. The second-order valence-corrected chi connectivity index (χ2v) is 12.5. The van der Waals surface area contributed by atoms with Crippen LogP contribution in [0.3, 0.4) is 0 Å². The van der Waals surface area contributed by atoms with E-state index in [-0.39, 0.29) is 36.4 Å². The number of nitrogens with zero attached hydrogens (tertiary/aromatic N) is 1. The SMILES string of the molecule is CC[C@H]1C(=O)C(C)(C)[C@@H](O)CC(=O)O[C@H](C(C)=Cc2csc(CO)n2)C[C@@H]2O[C@]2(C)CCC[C@H](C)[C@@H]1O. The monoisotopic (exact) mass is 537 g/mol. The van der Waals surface area contributed by atoms with Crippen LogP contribution < -0.4 is 0 Å². The summed E-state index contributed by atoms with van der Waals surface area (Å²) in [6.07, 6.45) is 2.08. The largest absolute Gasteiger partial charge is 0.458 e.